The number of allylic oxidation sites excluding steroid dienone is 5. The molecule has 1 aliphatic rings. The average molecular weight is 985 g/mol. The maximum Gasteiger partial charge on any atom is 0.472 e. The van der Waals surface area contributed by atoms with Gasteiger partial charge in [-0.1, -0.05) is 179 Å². The molecule has 1 rings (SSSR count). The third-order valence-corrected chi connectivity index (χ3v) is 12.8. The maximum atomic E-state index is 13.0. The zero-order chi connectivity index (χ0) is 49.1. The molecule has 1 saturated carbocycles. The minimum Gasteiger partial charge on any atom is -0.462 e. The first-order chi connectivity index (χ1) is 31.5. The molecule has 17 nitrogen and oxygen atoms in total. The van der Waals surface area contributed by atoms with Gasteiger partial charge in [0.1, 0.15) is 43.2 Å². The second kappa shape index (κ2) is 38.0. The quantitative estimate of drug-likeness (QED) is 0.00937. The first kappa shape index (κ1) is 62.2. The van der Waals surface area contributed by atoms with E-state index in [2.05, 4.69) is 30.5 Å². The SMILES string of the molecule is CC/C=C/C/C=C/C=C/C(O)CCCCCCCC(=O)O[C@H](COC(=O)CCCCCCCCCCCCCCCCCCC)COP(=O)(O)O[C@H]1C(O)C(O)C(O)[C@@H](OP(=O)(O)O)C1O. The van der Waals surface area contributed by atoms with Crippen molar-refractivity contribution in [2.75, 3.05) is 13.2 Å². The van der Waals surface area contributed by atoms with Gasteiger partial charge in [-0.2, -0.15) is 0 Å². The van der Waals surface area contributed by atoms with Crippen molar-refractivity contribution in [3.05, 3.63) is 36.5 Å². The van der Waals surface area contributed by atoms with E-state index in [1.165, 1.54) is 77.0 Å². The summed E-state index contributed by atoms with van der Waals surface area (Å²) in [5.41, 5.74) is 0. The van der Waals surface area contributed by atoms with Gasteiger partial charge in [0.05, 0.1) is 12.7 Å². The molecule has 1 aliphatic carbocycles. The summed E-state index contributed by atoms with van der Waals surface area (Å²) in [5, 5.41) is 51.4. The van der Waals surface area contributed by atoms with Crippen LogP contribution in [0, 0.1) is 0 Å². The predicted molar refractivity (Wildman–Crippen MR) is 252 cm³/mol. The van der Waals surface area contributed by atoms with Crippen molar-refractivity contribution < 1.29 is 82.0 Å². The maximum absolute atomic E-state index is 13.0. The smallest absolute Gasteiger partial charge is 0.462 e. The molecule has 66 heavy (non-hydrogen) atoms. The zero-order valence-electron chi connectivity index (χ0n) is 39.7. The van der Waals surface area contributed by atoms with Gasteiger partial charge in [0.15, 0.2) is 6.10 Å². The Morgan fingerprint density at radius 1 is 0.561 bits per heavy atom. The van der Waals surface area contributed by atoms with Gasteiger partial charge in [0.25, 0.3) is 0 Å². The molecule has 0 bridgehead atoms. The Kier molecular flexibility index (Phi) is 35.8. The summed E-state index contributed by atoms with van der Waals surface area (Å²) in [7, 11) is -10.7. The van der Waals surface area contributed by atoms with E-state index in [-0.39, 0.29) is 12.8 Å². The molecule has 0 aromatic heterocycles. The Balaban J connectivity index is 2.59. The highest BCUT2D eigenvalue weighted by atomic mass is 31.2. The lowest BCUT2D eigenvalue weighted by atomic mass is 9.85. The summed E-state index contributed by atoms with van der Waals surface area (Å²) in [6, 6.07) is 0. The van der Waals surface area contributed by atoms with Crippen LogP contribution in [0.5, 0.6) is 0 Å². The number of phosphoric acid groups is 2. The number of carbonyl (C=O) groups excluding carboxylic acids is 2. The van der Waals surface area contributed by atoms with Crippen LogP contribution in [0.25, 0.3) is 0 Å². The minimum atomic E-state index is -5.38. The highest BCUT2D eigenvalue weighted by Gasteiger charge is 2.54. The monoisotopic (exact) mass is 985 g/mol. The standard InChI is InChI=1S/C47H86O17P2/c1-3-5-7-9-11-12-13-14-15-16-17-18-19-20-22-26-30-34-40(49)60-36-39(62-41(50)35-31-27-23-25-29-33-38(48)32-28-24-21-10-8-6-4-2)37-61-66(58,59)64-47-44(53)42(51)43(52)46(45(47)54)63-65(55,56)57/h6,8,21,24,28,32,38-39,42-48,51-54H,3-5,7,9-20,22-23,25-27,29-31,33-37H2,1-2H3,(H,58,59)(H2,55,56,57)/b8-6+,24-21+,32-28+/t38?,39-,42?,43?,44?,45?,46-,47+/m1/s1. The number of unbranched alkanes of at least 4 members (excludes halogenated alkanes) is 20. The van der Waals surface area contributed by atoms with Gasteiger partial charge in [0, 0.05) is 12.8 Å². The van der Waals surface area contributed by atoms with Crippen molar-refractivity contribution in [2.45, 2.75) is 236 Å². The van der Waals surface area contributed by atoms with Crippen LogP contribution in [0.2, 0.25) is 0 Å². The number of ether oxygens (including phenoxy) is 2. The fourth-order valence-corrected chi connectivity index (χ4v) is 9.04. The molecule has 8 N–H and O–H groups in total. The highest BCUT2D eigenvalue weighted by Crippen LogP contribution is 2.49. The van der Waals surface area contributed by atoms with E-state index in [0.717, 1.165) is 57.8 Å². The van der Waals surface area contributed by atoms with Crippen LogP contribution in [0.15, 0.2) is 36.5 Å². The van der Waals surface area contributed by atoms with E-state index < -0.39 is 89.6 Å². The number of aliphatic hydroxyl groups excluding tert-OH is 5. The molecule has 1 fully saturated rings. The Morgan fingerprint density at radius 3 is 1.56 bits per heavy atom. The van der Waals surface area contributed by atoms with Crippen LogP contribution >= 0.6 is 15.6 Å². The number of esters is 2. The van der Waals surface area contributed by atoms with Crippen molar-refractivity contribution in [1.82, 2.24) is 0 Å². The lowest BCUT2D eigenvalue weighted by Crippen LogP contribution is -2.64. The molecular formula is C47H86O17P2. The lowest BCUT2D eigenvalue weighted by Gasteiger charge is -2.43. The second-order valence-electron chi connectivity index (χ2n) is 17.4. The highest BCUT2D eigenvalue weighted by molar-refractivity contribution is 7.47. The molecule has 19 heteroatoms. The van der Waals surface area contributed by atoms with Gasteiger partial charge in [-0.25, -0.2) is 9.13 Å². The number of hydrogen-bond acceptors (Lipinski definition) is 14. The fraction of sp³-hybridized carbons (Fsp3) is 0.830. The van der Waals surface area contributed by atoms with Crippen LogP contribution in [0.1, 0.15) is 187 Å². The van der Waals surface area contributed by atoms with Crippen LogP contribution < -0.4 is 0 Å². The van der Waals surface area contributed by atoms with Crippen molar-refractivity contribution in [3.8, 4) is 0 Å². The number of rotatable bonds is 41. The number of carbonyl (C=O) groups is 2. The molecule has 0 spiro atoms. The molecular weight excluding hydrogens is 898 g/mol. The largest absolute Gasteiger partial charge is 0.472 e. The number of phosphoric ester groups is 2. The second-order valence-corrected chi connectivity index (χ2v) is 20.0. The molecule has 386 valence electrons. The molecule has 0 radical (unpaired) electrons. The Bertz CT molecular complexity index is 1440. The van der Waals surface area contributed by atoms with Gasteiger partial charge >= 0.3 is 27.6 Å². The van der Waals surface area contributed by atoms with Crippen molar-refractivity contribution in [3.63, 3.8) is 0 Å². The summed E-state index contributed by atoms with van der Waals surface area (Å²) in [4.78, 5) is 54.3. The van der Waals surface area contributed by atoms with Crippen LogP contribution in [0.4, 0.5) is 0 Å². The van der Waals surface area contributed by atoms with Crippen LogP contribution in [0.3, 0.4) is 0 Å². The van der Waals surface area contributed by atoms with E-state index >= 15 is 0 Å². The first-order valence-electron chi connectivity index (χ1n) is 24.6. The zero-order valence-corrected chi connectivity index (χ0v) is 41.5. The third kappa shape index (κ3) is 32.1. The summed E-state index contributed by atoms with van der Waals surface area (Å²) < 4.78 is 49.4. The summed E-state index contributed by atoms with van der Waals surface area (Å²) in [6.45, 7) is 2.91. The van der Waals surface area contributed by atoms with E-state index in [9.17, 15) is 58.9 Å². The first-order valence-corrected chi connectivity index (χ1v) is 27.7. The van der Waals surface area contributed by atoms with Crippen molar-refractivity contribution >= 4 is 27.6 Å². The predicted octanol–water partition coefficient (Wildman–Crippen LogP) is 8.48. The molecule has 9 atom stereocenters. The van der Waals surface area contributed by atoms with Crippen molar-refractivity contribution in [2.24, 2.45) is 0 Å². The molecule has 6 unspecified atom stereocenters. The van der Waals surface area contributed by atoms with E-state index in [0.29, 0.717) is 25.7 Å². The summed E-state index contributed by atoms with van der Waals surface area (Å²) in [6.07, 6.45) is 22.6. The van der Waals surface area contributed by atoms with Crippen LogP contribution in [-0.2, 0) is 41.8 Å². The minimum absolute atomic E-state index is 0.0240. The molecule has 0 amide bonds. The molecule has 0 saturated heterocycles. The van der Waals surface area contributed by atoms with Crippen LogP contribution in [-0.4, -0.2) is 114 Å². The fourth-order valence-electron chi connectivity index (χ4n) is 7.50. The topological polar surface area (TPSA) is 276 Å². The average Bonchev–Trinajstić information content (AvgIpc) is 3.27. The lowest BCUT2D eigenvalue weighted by molar-refractivity contribution is -0.216. The van der Waals surface area contributed by atoms with Gasteiger partial charge in [-0.05, 0) is 32.1 Å². The van der Waals surface area contributed by atoms with Crippen molar-refractivity contribution in [1.29, 1.82) is 0 Å². The Morgan fingerprint density at radius 2 is 1.05 bits per heavy atom. The summed E-state index contributed by atoms with van der Waals surface area (Å²) in [5.74, 6) is -1.28. The van der Waals surface area contributed by atoms with Gasteiger partial charge < -0.3 is 49.7 Å². The molecule has 0 heterocycles. The Hall–Kier alpha value is -1.82. The normalized spacial score (nSPS) is 22.3. The molecule has 0 aromatic carbocycles. The van der Waals surface area contributed by atoms with Gasteiger partial charge in [-0.15, -0.1) is 0 Å². The Labute approximate surface area is 394 Å². The number of aliphatic hydroxyl groups is 5. The van der Waals surface area contributed by atoms with E-state index in [1.54, 1.807) is 6.08 Å². The third-order valence-electron chi connectivity index (χ3n) is 11.3. The molecule has 0 aromatic rings. The van der Waals surface area contributed by atoms with Gasteiger partial charge in [0.2, 0.25) is 0 Å². The van der Waals surface area contributed by atoms with E-state index in [4.69, 9.17) is 18.5 Å². The van der Waals surface area contributed by atoms with E-state index in [1.807, 2.05) is 18.2 Å². The summed E-state index contributed by atoms with van der Waals surface area (Å²) >= 11 is 0. The number of hydrogen-bond donors (Lipinski definition) is 8. The molecule has 0 aliphatic heterocycles. The van der Waals surface area contributed by atoms with Gasteiger partial charge in [-0.3, -0.25) is 23.2 Å².